The Labute approximate surface area is 142 Å². The molecule has 120 valence electrons. The number of hydrogen-bond donors (Lipinski definition) is 2. The van der Waals surface area contributed by atoms with E-state index in [9.17, 15) is 0 Å². The van der Waals surface area contributed by atoms with Gasteiger partial charge in [0.25, 0.3) is 0 Å². The number of benzene rings is 2. The number of aryl methyl sites for hydroxylation is 1. The third kappa shape index (κ3) is 6.08. The maximum absolute atomic E-state index is 5.79. The number of nitrogens with zero attached hydrogens (tertiary/aromatic N) is 1. The lowest BCUT2D eigenvalue weighted by molar-refractivity contribution is 0.306. The van der Waals surface area contributed by atoms with Gasteiger partial charge in [0.1, 0.15) is 12.4 Å². The largest absolute Gasteiger partial charge is 0.489 e. The smallest absolute Gasteiger partial charge is 0.186 e. The molecule has 5 heteroatoms. The summed E-state index contributed by atoms with van der Waals surface area (Å²) in [6.45, 7) is 5.39. The van der Waals surface area contributed by atoms with Gasteiger partial charge in [-0.2, -0.15) is 5.10 Å². The normalized spacial score (nSPS) is 10.5. The van der Waals surface area contributed by atoms with Crippen molar-refractivity contribution in [3.05, 3.63) is 65.2 Å². The quantitative estimate of drug-likeness (QED) is 0.485. The van der Waals surface area contributed by atoms with Crippen LogP contribution < -0.4 is 15.5 Å². The predicted molar refractivity (Wildman–Crippen MR) is 99.0 cm³/mol. The summed E-state index contributed by atoms with van der Waals surface area (Å²) >= 11 is 5.02. The van der Waals surface area contributed by atoms with Crippen molar-refractivity contribution in [3.8, 4) is 5.75 Å². The Balaban J connectivity index is 1.84. The minimum atomic E-state index is 0.516. The first kappa shape index (κ1) is 17.0. The van der Waals surface area contributed by atoms with Crippen LogP contribution in [-0.2, 0) is 6.61 Å². The number of thiocarbonyl (C=S) groups is 1. The van der Waals surface area contributed by atoms with Crippen LogP contribution in [0.2, 0.25) is 0 Å². The van der Waals surface area contributed by atoms with Crippen LogP contribution in [0, 0.1) is 6.92 Å². The van der Waals surface area contributed by atoms with Crippen LogP contribution in [-0.4, -0.2) is 17.9 Å². The van der Waals surface area contributed by atoms with Crippen LogP contribution in [0.15, 0.2) is 53.6 Å². The zero-order chi connectivity index (χ0) is 16.5. The third-order valence-corrected chi connectivity index (χ3v) is 3.32. The van der Waals surface area contributed by atoms with E-state index in [0.29, 0.717) is 11.7 Å². The van der Waals surface area contributed by atoms with Gasteiger partial charge in [-0.05, 0) is 61.5 Å². The van der Waals surface area contributed by atoms with E-state index in [4.69, 9.17) is 17.0 Å². The Hall–Kier alpha value is -2.40. The fourth-order valence-corrected chi connectivity index (χ4v) is 2.18. The molecule has 2 rings (SSSR count). The highest BCUT2D eigenvalue weighted by molar-refractivity contribution is 7.80. The standard InChI is InChI=1S/C18H21N3OS/c1-3-19-18(23)21-20-12-15-7-9-17(10-8-15)22-13-16-6-4-5-14(2)11-16/h4-12H,3,13H2,1-2H3,(H2,19,21,23)/b20-12-. The first-order valence-corrected chi connectivity index (χ1v) is 7.93. The lowest BCUT2D eigenvalue weighted by atomic mass is 10.1. The number of rotatable bonds is 6. The molecule has 0 radical (unpaired) electrons. The van der Waals surface area contributed by atoms with Gasteiger partial charge in [0.05, 0.1) is 6.21 Å². The van der Waals surface area contributed by atoms with Crippen molar-refractivity contribution in [3.63, 3.8) is 0 Å². The molecule has 2 aromatic carbocycles. The van der Waals surface area contributed by atoms with Crippen LogP contribution in [0.4, 0.5) is 0 Å². The molecule has 0 amide bonds. The molecule has 0 fully saturated rings. The van der Waals surface area contributed by atoms with Crippen molar-refractivity contribution in [1.82, 2.24) is 10.7 Å². The van der Waals surface area contributed by atoms with E-state index < -0.39 is 0 Å². The van der Waals surface area contributed by atoms with Crippen molar-refractivity contribution in [2.24, 2.45) is 5.10 Å². The number of ether oxygens (including phenoxy) is 1. The molecule has 0 heterocycles. The molecule has 0 aliphatic carbocycles. The Morgan fingerprint density at radius 1 is 1.22 bits per heavy atom. The molecule has 0 unspecified atom stereocenters. The molecule has 23 heavy (non-hydrogen) atoms. The summed E-state index contributed by atoms with van der Waals surface area (Å²) < 4.78 is 5.79. The van der Waals surface area contributed by atoms with Crippen molar-refractivity contribution >= 4 is 23.5 Å². The van der Waals surface area contributed by atoms with Crippen molar-refractivity contribution in [1.29, 1.82) is 0 Å². The van der Waals surface area contributed by atoms with Crippen LogP contribution in [0.3, 0.4) is 0 Å². The Bertz CT molecular complexity index is 668. The van der Waals surface area contributed by atoms with E-state index >= 15 is 0 Å². The van der Waals surface area contributed by atoms with Gasteiger partial charge in [-0.1, -0.05) is 29.8 Å². The summed E-state index contributed by atoms with van der Waals surface area (Å²) in [6, 6.07) is 16.1. The fraction of sp³-hybridized carbons (Fsp3) is 0.222. The molecule has 0 aliphatic heterocycles. The Morgan fingerprint density at radius 2 is 2.00 bits per heavy atom. The van der Waals surface area contributed by atoms with Crippen LogP contribution in [0.5, 0.6) is 5.75 Å². The summed E-state index contributed by atoms with van der Waals surface area (Å²) in [6.07, 6.45) is 1.72. The summed E-state index contributed by atoms with van der Waals surface area (Å²) in [4.78, 5) is 0. The summed E-state index contributed by atoms with van der Waals surface area (Å²) in [5.41, 5.74) is 6.13. The van der Waals surface area contributed by atoms with Gasteiger partial charge < -0.3 is 10.1 Å². The second-order valence-electron chi connectivity index (χ2n) is 5.08. The Kier molecular flexibility index (Phi) is 6.56. The molecule has 0 bridgehead atoms. The molecule has 0 aliphatic rings. The average molecular weight is 327 g/mol. The lowest BCUT2D eigenvalue weighted by Gasteiger charge is -2.07. The van der Waals surface area contributed by atoms with Crippen LogP contribution in [0.25, 0.3) is 0 Å². The first-order chi connectivity index (χ1) is 11.2. The van der Waals surface area contributed by atoms with Crippen molar-refractivity contribution in [2.45, 2.75) is 20.5 Å². The Morgan fingerprint density at radius 3 is 2.70 bits per heavy atom. The van der Waals surface area contributed by atoms with Gasteiger partial charge in [0.15, 0.2) is 5.11 Å². The number of hydrogen-bond acceptors (Lipinski definition) is 3. The molecule has 0 saturated heterocycles. The lowest BCUT2D eigenvalue weighted by Crippen LogP contribution is -2.31. The maximum Gasteiger partial charge on any atom is 0.186 e. The molecule has 0 aromatic heterocycles. The summed E-state index contributed by atoms with van der Waals surface area (Å²) in [5.74, 6) is 0.833. The summed E-state index contributed by atoms with van der Waals surface area (Å²) in [7, 11) is 0. The SMILES string of the molecule is CCNC(=S)N/N=C\c1ccc(OCc2cccc(C)c2)cc1. The predicted octanol–water partition coefficient (Wildman–Crippen LogP) is 3.39. The van der Waals surface area contributed by atoms with Gasteiger partial charge in [0.2, 0.25) is 0 Å². The molecule has 2 N–H and O–H groups in total. The number of nitrogens with one attached hydrogen (secondary N) is 2. The second kappa shape index (κ2) is 8.90. The van der Waals surface area contributed by atoms with Gasteiger partial charge in [-0.15, -0.1) is 0 Å². The number of hydrazone groups is 1. The zero-order valence-corrected chi connectivity index (χ0v) is 14.2. The van der Waals surface area contributed by atoms with Crippen LogP contribution in [0.1, 0.15) is 23.6 Å². The summed E-state index contributed by atoms with van der Waals surface area (Å²) in [5, 5.41) is 7.55. The molecule has 0 spiro atoms. The van der Waals surface area contributed by atoms with Crippen LogP contribution >= 0.6 is 12.2 Å². The van der Waals surface area contributed by atoms with E-state index in [0.717, 1.165) is 23.4 Å². The van der Waals surface area contributed by atoms with Crippen molar-refractivity contribution in [2.75, 3.05) is 6.54 Å². The van der Waals surface area contributed by atoms with E-state index in [2.05, 4.69) is 41.0 Å². The average Bonchev–Trinajstić information content (AvgIpc) is 2.54. The first-order valence-electron chi connectivity index (χ1n) is 7.52. The van der Waals surface area contributed by atoms with Gasteiger partial charge in [-0.3, -0.25) is 5.43 Å². The topological polar surface area (TPSA) is 45.7 Å². The molecule has 4 nitrogen and oxygen atoms in total. The highest BCUT2D eigenvalue weighted by Gasteiger charge is 1.97. The van der Waals surface area contributed by atoms with Crippen molar-refractivity contribution < 1.29 is 4.74 Å². The van der Waals surface area contributed by atoms with E-state index in [1.165, 1.54) is 5.56 Å². The zero-order valence-electron chi connectivity index (χ0n) is 13.4. The van der Waals surface area contributed by atoms with Gasteiger partial charge in [0, 0.05) is 6.54 Å². The minimum absolute atomic E-state index is 0.516. The van der Waals surface area contributed by atoms with E-state index in [1.807, 2.05) is 37.3 Å². The third-order valence-electron chi connectivity index (χ3n) is 3.09. The highest BCUT2D eigenvalue weighted by Crippen LogP contribution is 2.14. The maximum atomic E-state index is 5.79. The monoisotopic (exact) mass is 327 g/mol. The molecule has 0 atom stereocenters. The minimum Gasteiger partial charge on any atom is -0.489 e. The second-order valence-corrected chi connectivity index (χ2v) is 5.48. The van der Waals surface area contributed by atoms with E-state index in [1.54, 1.807) is 6.21 Å². The molecular formula is C18H21N3OS. The molecule has 0 saturated carbocycles. The molecule has 2 aromatic rings. The van der Waals surface area contributed by atoms with Gasteiger partial charge >= 0.3 is 0 Å². The van der Waals surface area contributed by atoms with E-state index in [-0.39, 0.29) is 0 Å². The fourth-order valence-electron chi connectivity index (χ4n) is 1.98. The highest BCUT2D eigenvalue weighted by atomic mass is 32.1. The molecular weight excluding hydrogens is 306 g/mol. The van der Waals surface area contributed by atoms with Gasteiger partial charge in [-0.25, -0.2) is 0 Å².